The van der Waals surface area contributed by atoms with E-state index in [0.29, 0.717) is 10.7 Å². The Labute approximate surface area is 192 Å². The fraction of sp³-hybridized carbons (Fsp3) is 0.409. The highest BCUT2D eigenvalue weighted by atomic mass is 32.2. The zero-order chi connectivity index (χ0) is 23.0. The number of hydrogen-bond acceptors (Lipinski definition) is 7. The van der Waals surface area contributed by atoms with Gasteiger partial charge in [-0.3, -0.25) is 14.5 Å². The van der Waals surface area contributed by atoms with Gasteiger partial charge < -0.3 is 4.74 Å². The van der Waals surface area contributed by atoms with Crippen LogP contribution < -0.4 is 9.62 Å². The molecular weight excluding hydrogens is 450 g/mol. The Morgan fingerprint density at radius 2 is 1.97 bits per heavy atom. The minimum Gasteiger partial charge on any atom is -0.452 e. The van der Waals surface area contributed by atoms with Crippen LogP contribution in [-0.4, -0.2) is 44.0 Å². The Bertz CT molecular complexity index is 1020. The lowest BCUT2D eigenvalue weighted by Gasteiger charge is -2.33. The molecule has 1 aliphatic rings. The van der Waals surface area contributed by atoms with Crippen molar-refractivity contribution in [2.45, 2.75) is 51.2 Å². The SMILES string of the molecule is CC(OC(=O)CNS(=O)(=O)/C=C/c1ccccc1)C(=O)N(c1nccs1)C1CCCCC1. The summed E-state index contributed by atoms with van der Waals surface area (Å²) in [5.41, 5.74) is 0.713. The van der Waals surface area contributed by atoms with Crippen molar-refractivity contribution in [3.63, 3.8) is 0 Å². The lowest BCUT2D eigenvalue weighted by Crippen LogP contribution is -2.47. The van der Waals surface area contributed by atoms with Crippen molar-refractivity contribution in [1.82, 2.24) is 9.71 Å². The van der Waals surface area contributed by atoms with Crippen LogP contribution in [0, 0.1) is 0 Å². The summed E-state index contributed by atoms with van der Waals surface area (Å²) in [6.07, 6.45) is 6.96. The maximum Gasteiger partial charge on any atom is 0.321 e. The Hall–Kier alpha value is -2.56. The van der Waals surface area contributed by atoms with Gasteiger partial charge in [0.1, 0.15) is 6.54 Å². The van der Waals surface area contributed by atoms with Crippen molar-refractivity contribution < 1.29 is 22.7 Å². The average molecular weight is 478 g/mol. The Balaban J connectivity index is 1.56. The molecule has 1 fully saturated rings. The first-order chi connectivity index (χ1) is 15.4. The molecule has 1 heterocycles. The molecule has 0 spiro atoms. The second-order valence-corrected chi connectivity index (χ2v) is 10.1. The smallest absolute Gasteiger partial charge is 0.321 e. The van der Waals surface area contributed by atoms with E-state index in [1.165, 1.54) is 24.3 Å². The highest BCUT2D eigenvalue weighted by molar-refractivity contribution is 7.92. The lowest BCUT2D eigenvalue weighted by molar-refractivity contribution is -0.152. The van der Waals surface area contributed by atoms with E-state index in [0.717, 1.165) is 37.5 Å². The van der Waals surface area contributed by atoms with Crippen LogP contribution in [-0.2, 0) is 24.3 Å². The van der Waals surface area contributed by atoms with E-state index in [1.54, 1.807) is 40.7 Å². The maximum atomic E-state index is 13.1. The third-order valence-corrected chi connectivity index (χ3v) is 6.93. The van der Waals surface area contributed by atoms with Crippen LogP contribution in [0.2, 0.25) is 0 Å². The standard InChI is InChI=1S/C22H27N3O5S2/c1-17(21(27)25(22-23-13-14-31-22)19-10-6-3-7-11-19)30-20(26)16-24-32(28,29)15-12-18-8-4-2-5-9-18/h2,4-5,8-9,12-15,17,19,24H,3,6-7,10-11,16H2,1H3/b15-12+. The van der Waals surface area contributed by atoms with Crippen LogP contribution in [0.1, 0.15) is 44.6 Å². The Morgan fingerprint density at radius 1 is 1.25 bits per heavy atom. The molecular formula is C22H27N3O5S2. The molecule has 8 nitrogen and oxygen atoms in total. The molecule has 1 atom stereocenters. The summed E-state index contributed by atoms with van der Waals surface area (Å²) >= 11 is 1.36. The molecule has 1 unspecified atom stereocenters. The van der Waals surface area contributed by atoms with Crippen LogP contribution >= 0.6 is 11.3 Å². The first-order valence-corrected chi connectivity index (χ1v) is 12.9. The van der Waals surface area contributed by atoms with Gasteiger partial charge in [0.25, 0.3) is 5.91 Å². The number of nitrogens with one attached hydrogen (secondary N) is 1. The van der Waals surface area contributed by atoms with E-state index in [2.05, 4.69) is 9.71 Å². The highest BCUT2D eigenvalue weighted by Gasteiger charge is 2.33. The summed E-state index contributed by atoms with van der Waals surface area (Å²) in [7, 11) is -3.83. The van der Waals surface area contributed by atoms with Crippen LogP contribution in [0.25, 0.3) is 6.08 Å². The van der Waals surface area contributed by atoms with Gasteiger partial charge >= 0.3 is 5.97 Å². The molecule has 1 aliphatic carbocycles. The third kappa shape index (κ3) is 6.98. The monoisotopic (exact) mass is 477 g/mol. The van der Waals surface area contributed by atoms with Crippen molar-refractivity contribution >= 4 is 44.4 Å². The minimum atomic E-state index is -3.83. The normalized spacial score (nSPS) is 16.0. The van der Waals surface area contributed by atoms with Crippen LogP contribution in [0.4, 0.5) is 5.13 Å². The number of hydrogen-bond donors (Lipinski definition) is 1. The van der Waals surface area contributed by atoms with Crippen molar-refractivity contribution in [2.75, 3.05) is 11.4 Å². The van der Waals surface area contributed by atoms with Gasteiger partial charge in [-0.25, -0.2) is 18.1 Å². The number of benzene rings is 1. The zero-order valence-electron chi connectivity index (χ0n) is 17.8. The van der Waals surface area contributed by atoms with Gasteiger partial charge in [0.15, 0.2) is 11.2 Å². The number of amides is 1. The van der Waals surface area contributed by atoms with Crippen molar-refractivity contribution in [3.05, 3.63) is 52.9 Å². The molecule has 172 valence electrons. The maximum absolute atomic E-state index is 13.1. The Morgan fingerprint density at radius 3 is 2.62 bits per heavy atom. The molecule has 0 saturated heterocycles. The molecule has 1 aromatic heterocycles. The van der Waals surface area contributed by atoms with E-state index in [4.69, 9.17) is 4.74 Å². The van der Waals surface area contributed by atoms with Gasteiger partial charge in [0, 0.05) is 23.0 Å². The second-order valence-electron chi connectivity index (χ2n) is 7.53. The molecule has 3 rings (SSSR count). The molecule has 2 aromatic rings. The Kier molecular flexibility index (Phi) is 8.54. The van der Waals surface area contributed by atoms with Crippen LogP contribution in [0.15, 0.2) is 47.3 Å². The van der Waals surface area contributed by atoms with E-state index in [-0.39, 0.29) is 11.9 Å². The highest BCUT2D eigenvalue weighted by Crippen LogP contribution is 2.29. The number of ether oxygens (including phenoxy) is 1. The van der Waals surface area contributed by atoms with E-state index in [9.17, 15) is 18.0 Å². The molecule has 1 aromatic carbocycles. The summed E-state index contributed by atoms with van der Waals surface area (Å²) in [5, 5.41) is 3.36. The molecule has 10 heteroatoms. The van der Waals surface area contributed by atoms with Gasteiger partial charge in [-0.1, -0.05) is 49.6 Å². The van der Waals surface area contributed by atoms with Crippen LogP contribution in [0.5, 0.6) is 0 Å². The number of carbonyl (C=O) groups is 2. The topological polar surface area (TPSA) is 106 Å². The lowest BCUT2D eigenvalue weighted by atomic mass is 9.94. The second kappa shape index (κ2) is 11.3. The van der Waals surface area contributed by atoms with Gasteiger partial charge in [-0.15, -0.1) is 11.3 Å². The number of esters is 1. The molecule has 1 N–H and O–H groups in total. The van der Waals surface area contributed by atoms with Crippen molar-refractivity contribution in [3.8, 4) is 0 Å². The number of sulfonamides is 1. The minimum absolute atomic E-state index is 0.0187. The zero-order valence-corrected chi connectivity index (χ0v) is 19.5. The molecule has 0 bridgehead atoms. The van der Waals surface area contributed by atoms with E-state index in [1.807, 2.05) is 6.07 Å². The van der Waals surface area contributed by atoms with E-state index < -0.39 is 28.6 Å². The number of aromatic nitrogens is 1. The number of carbonyl (C=O) groups excluding carboxylic acids is 2. The summed E-state index contributed by atoms with van der Waals surface area (Å²) in [5.74, 6) is -1.18. The first kappa shape index (κ1) is 24.1. The first-order valence-electron chi connectivity index (χ1n) is 10.5. The van der Waals surface area contributed by atoms with Crippen LogP contribution in [0.3, 0.4) is 0 Å². The molecule has 1 amide bonds. The summed E-state index contributed by atoms with van der Waals surface area (Å²) in [6, 6.07) is 8.94. The van der Waals surface area contributed by atoms with Crippen molar-refractivity contribution in [2.24, 2.45) is 0 Å². The number of nitrogens with zero attached hydrogens (tertiary/aromatic N) is 2. The number of thiazole rings is 1. The van der Waals surface area contributed by atoms with Gasteiger partial charge in [0.2, 0.25) is 10.0 Å². The fourth-order valence-electron chi connectivity index (χ4n) is 3.53. The molecule has 32 heavy (non-hydrogen) atoms. The third-order valence-electron chi connectivity index (χ3n) is 5.12. The number of rotatable bonds is 9. The predicted molar refractivity (Wildman–Crippen MR) is 124 cm³/mol. The van der Waals surface area contributed by atoms with Crippen molar-refractivity contribution in [1.29, 1.82) is 0 Å². The van der Waals surface area contributed by atoms with E-state index >= 15 is 0 Å². The molecule has 0 radical (unpaired) electrons. The average Bonchev–Trinajstić information content (AvgIpc) is 3.32. The predicted octanol–water partition coefficient (Wildman–Crippen LogP) is 3.33. The quantitative estimate of drug-likeness (QED) is 0.556. The molecule has 0 aliphatic heterocycles. The largest absolute Gasteiger partial charge is 0.452 e. The van der Waals surface area contributed by atoms with Gasteiger partial charge in [-0.05, 0) is 31.4 Å². The fourth-order valence-corrected chi connectivity index (χ4v) is 5.00. The summed E-state index contributed by atoms with van der Waals surface area (Å²) in [4.78, 5) is 31.2. The summed E-state index contributed by atoms with van der Waals surface area (Å²) in [6.45, 7) is 0.924. The number of anilines is 1. The molecule has 1 saturated carbocycles. The van der Waals surface area contributed by atoms with Gasteiger partial charge in [-0.2, -0.15) is 0 Å². The summed E-state index contributed by atoms with van der Waals surface area (Å²) < 4.78 is 31.6. The van der Waals surface area contributed by atoms with Gasteiger partial charge in [0.05, 0.1) is 0 Å².